The Hall–Kier alpha value is -3.01. The second-order valence-electron chi connectivity index (χ2n) is 10.2. The van der Waals surface area contributed by atoms with Crippen LogP contribution in [-0.2, 0) is 13.1 Å². The molecule has 1 aliphatic rings. The molecular weight excluding hydrogens is 532 g/mol. The first kappa shape index (κ1) is 29.0. The summed E-state index contributed by atoms with van der Waals surface area (Å²) in [5.41, 5.74) is 4.26. The van der Waals surface area contributed by atoms with Crippen molar-refractivity contribution in [3.63, 3.8) is 0 Å². The molecule has 0 aliphatic carbocycles. The zero-order valence-corrected chi connectivity index (χ0v) is 24.4. The summed E-state index contributed by atoms with van der Waals surface area (Å²) in [6.07, 6.45) is 6.16. The molecule has 0 bridgehead atoms. The molecule has 0 spiro atoms. The molecule has 1 aliphatic heterocycles. The number of amides is 3. The molecular formula is C29H37ClN6O2S. The molecule has 0 aromatic carbocycles. The molecule has 2 N–H and O–H groups in total. The summed E-state index contributed by atoms with van der Waals surface area (Å²) in [4.78, 5) is 38.8. The minimum atomic E-state index is -0.109. The van der Waals surface area contributed by atoms with Crippen molar-refractivity contribution in [1.29, 1.82) is 0 Å². The Kier molecular flexibility index (Phi) is 10.3. The lowest BCUT2D eigenvalue weighted by Crippen LogP contribution is -2.51. The Morgan fingerprint density at radius 2 is 1.90 bits per heavy atom. The molecule has 208 valence electrons. The van der Waals surface area contributed by atoms with E-state index in [1.165, 1.54) is 0 Å². The maximum atomic E-state index is 13.3. The summed E-state index contributed by atoms with van der Waals surface area (Å²) in [5.74, 6) is -0.109. The number of rotatable bonds is 10. The molecule has 1 saturated heterocycles. The number of aryl methyl sites for hydroxylation is 2. The van der Waals surface area contributed by atoms with Gasteiger partial charge in [-0.3, -0.25) is 9.78 Å². The molecule has 3 aromatic rings. The van der Waals surface area contributed by atoms with E-state index in [0.29, 0.717) is 42.1 Å². The number of pyridine rings is 2. The van der Waals surface area contributed by atoms with E-state index >= 15 is 0 Å². The van der Waals surface area contributed by atoms with Gasteiger partial charge in [0.25, 0.3) is 5.91 Å². The van der Waals surface area contributed by atoms with E-state index in [9.17, 15) is 9.59 Å². The van der Waals surface area contributed by atoms with Crippen molar-refractivity contribution in [1.82, 2.24) is 30.4 Å². The zero-order chi connectivity index (χ0) is 27.8. The lowest BCUT2D eigenvalue weighted by Gasteiger charge is -2.40. The van der Waals surface area contributed by atoms with Crippen LogP contribution in [-0.4, -0.2) is 63.4 Å². The summed E-state index contributed by atoms with van der Waals surface area (Å²) in [6.45, 7) is 9.39. The van der Waals surface area contributed by atoms with E-state index in [0.717, 1.165) is 49.0 Å². The Balaban J connectivity index is 1.27. The van der Waals surface area contributed by atoms with Crippen LogP contribution in [0.4, 0.5) is 4.79 Å². The Morgan fingerprint density at radius 3 is 2.56 bits per heavy atom. The number of halogens is 1. The molecule has 0 radical (unpaired) electrons. The molecule has 39 heavy (non-hydrogen) atoms. The summed E-state index contributed by atoms with van der Waals surface area (Å²) in [6, 6.07) is 8.10. The van der Waals surface area contributed by atoms with Crippen molar-refractivity contribution in [3.8, 4) is 0 Å². The zero-order valence-electron chi connectivity index (χ0n) is 22.8. The maximum absolute atomic E-state index is 13.3. The van der Waals surface area contributed by atoms with Gasteiger partial charge < -0.3 is 20.4 Å². The number of carbonyl (C=O) groups excluding carboxylic acids is 2. The van der Waals surface area contributed by atoms with E-state index in [4.69, 9.17) is 11.6 Å². The highest BCUT2D eigenvalue weighted by molar-refractivity contribution is 7.07. The van der Waals surface area contributed by atoms with E-state index in [1.54, 1.807) is 29.8 Å². The Bertz CT molecular complexity index is 1210. The predicted molar refractivity (Wildman–Crippen MR) is 156 cm³/mol. The van der Waals surface area contributed by atoms with Gasteiger partial charge in [0.2, 0.25) is 0 Å². The van der Waals surface area contributed by atoms with Gasteiger partial charge in [-0.15, -0.1) is 0 Å². The van der Waals surface area contributed by atoms with Gasteiger partial charge in [0.15, 0.2) is 0 Å². The largest absolute Gasteiger partial charge is 0.352 e. The number of hydrogen-bond donors (Lipinski definition) is 2. The number of nitrogens with one attached hydrogen (secondary N) is 2. The smallest absolute Gasteiger partial charge is 0.318 e. The summed E-state index contributed by atoms with van der Waals surface area (Å²) in [7, 11) is 0. The fourth-order valence-corrected chi connectivity index (χ4v) is 6.11. The maximum Gasteiger partial charge on any atom is 0.318 e. The van der Waals surface area contributed by atoms with Crippen LogP contribution in [0.25, 0.3) is 0 Å². The van der Waals surface area contributed by atoms with Gasteiger partial charge in [0, 0.05) is 57.2 Å². The highest BCUT2D eigenvalue weighted by Crippen LogP contribution is 2.23. The molecule has 3 aromatic heterocycles. The van der Waals surface area contributed by atoms with Crippen molar-refractivity contribution < 1.29 is 9.59 Å². The number of carbonyl (C=O) groups is 2. The third-order valence-corrected chi connectivity index (χ3v) is 8.32. The van der Waals surface area contributed by atoms with Crippen molar-refractivity contribution in [2.24, 2.45) is 0 Å². The third kappa shape index (κ3) is 8.00. The monoisotopic (exact) mass is 568 g/mol. The van der Waals surface area contributed by atoms with Gasteiger partial charge in [-0.25, -0.2) is 9.78 Å². The molecule has 1 fully saturated rings. The first-order valence-corrected chi connectivity index (χ1v) is 14.7. The topological polar surface area (TPSA) is 90.5 Å². The predicted octanol–water partition coefficient (Wildman–Crippen LogP) is 5.19. The van der Waals surface area contributed by atoms with Crippen LogP contribution in [0.15, 0.2) is 47.4 Å². The third-order valence-electron chi connectivity index (χ3n) is 7.39. The summed E-state index contributed by atoms with van der Waals surface area (Å²) in [5, 5.41) is 10.7. The Labute approximate surface area is 239 Å². The van der Waals surface area contributed by atoms with Gasteiger partial charge in [0.05, 0.1) is 11.3 Å². The van der Waals surface area contributed by atoms with Gasteiger partial charge in [-0.1, -0.05) is 11.6 Å². The van der Waals surface area contributed by atoms with E-state index < -0.39 is 0 Å². The van der Waals surface area contributed by atoms with Gasteiger partial charge in [-0.05, 0) is 91.7 Å². The first-order chi connectivity index (χ1) is 18.8. The van der Waals surface area contributed by atoms with Gasteiger partial charge >= 0.3 is 6.03 Å². The SMILES string of the molecule is Cc1cc(Cl)nc(C)c1C(=O)NCCC(C)N1CCC(N(Cc2ccsc2)C(=O)NCc2ccncc2)CC1. The number of urea groups is 1. The molecule has 10 heteroatoms. The molecule has 4 rings (SSSR count). The first-order valence-electron chi connectivity index (χ1n) is 13.4. The van der Waals surface area contributed by atoms with Crippen LogP contribution in [0, 0.1) is 13.8 Å². The Morgan fingerprint density at radius 1 is 1.15 bits per heavy atom. The standard InChI is InChI=1S/C29H37ClN6O2S/c1-20-16-26(30)34-22(3)27(20)28(37)32-12-4-21(2)35-13-7-25(8-14-35)36(18-24-9-15-39-19-24)29(38)33-17-23-5-10-31-11-6-23/h5-6,9-11,15-16,19,21,25H,4,7-8,12-14,17-18H2,1-3H3,(H,32,37)(H,33,38). The number of likely N-dealkylation sites (tertiary alicyclic amines) is 1. The summed E-state index contributed by atoms with van der Waals surface area (Å²) < 4.78 is 0. The number of nitrogens with zero attached hydrogens (tertiary/aromatic N) is 4. The van der Waals surface area contributed by atoms with Crippen molar-refractivity contribution in [2.45, 2.75) is 65.2 Å². The number of hydrogen-bond acceptors (Lipinski definition) is 6. The number of piperidine rings is 1. The summed E-state index contributed by atoms with van der Waals surface area (Å²) >= 11 is 7.66. The second-order valence-corrected chi connectivity index (χ2v) is 11.3. The van der Waals surface area contributed by atoms with Gasteiger partial charge in [0.1, 0.15) is 5.15 Å². The normalized spacial score (nSPS) is 15.1. The average molecular weight is 569 g/mol. The van der Waals surface area contributed by atoms with Crippen molar-refractivity contribution >= 4 is 34.9 Å². The molecule has 0 saturated carbocycles. The number of aromatic nitrogens is 2. The fourth-order valence-electron chi connectivity index (χ4n) is 5.16. The van der Waals surface area contributed by atoms with E-state index in [-0.39, 0.29) is 18.0 Å². The van der Waals surface area contributed by atoms with Crippen LogP contribution in [0.1, 0.15) is 58.9 Å². The van der Waals surface area contributed by atoms with Gasteiger partial charge in [-0.2, -0.15) is 11.3 Å². The van der Waals surface area contributed by atoms with Crippen LogP contribution in [0.3, 0.4) is 0 Å². The quantitative estimate of drug-likeness (QED) is 0.328. The highest BCUT2D eigenvalue weighted by Gasteiger charge is 2.30. The van der Waals surface area contributed by atoms with E-state index in [2.05, 4.69) is 49.3 Å². The van der Waals surface area contributed by atoms with E-state index in [1.807, 2.05) is 30.9 Å². The van der Waals surface area contributed by atoms with Crippen molar-refractivity contribution in [2.75, 3.05) is 19.6 Å². The number of thiophene rings is 1. The second kappa shape index (κ2) is 13.9. The van der Waals surface area contributed by atoms with Crippen LogP contribution in [0.2, 0.25) is 5.15 Å². The minimum absolute atomic E-state index is 0.0329. The van der Waals surface area contributed by atoms with Crippen LogP contribution >= 0.6 is 22.9 Å². The molecule has 1 unspecified atom stereocenters. The molecule has 4 heterocycles. The molecule has 3 amide bonds. The minimum Gasteiger partial charge on any atom is -0.352 e. The van der Waals surface area contributed by atoms with Crippen molar-refractivity contribution in [3.05, 3.63) is 80.5 Å². The lowest BCUT2D eigenvalue weighted by molar-refractivity contribution is 0.0903. The molecule has 1 atom stereocenters. The lowest BCUT2D eigenvalue weighted by atomic mass is 10.0. The van der Waals surface area contributed by atoms with Crippen LogP contribution < -0.4 is 10.6 Å². The fraction of sp³-hybridized carbons (Fsp3) is 0.448. The molecule has 8 nitrogen and oxygen atoms in total. The highest BCUT2D eigenvalue weighted by atomic mass is 35.5. The van der Waals surface area contributed by atoms with Crippen LogP contribution in [0.5, 0.6) is 0 Å². The average Bonchev–Trinajstić information content (AvgIpc) is 3.44.